The number of carbonyl (C=O) groups excluding carboxylic acids is 1. The van der Waals surface area contributed by atoms with Gasteiger partial charge in [-0.1, -0.05) is 60.2 Å². The van der Waals surface area contributed by atoms with Crippen molar-refractivity contribution in [3.05, 3.63) is 71.3 Å². The smallest absolute Gasteiger partial charge is 0.244 e. The van der Waals surface area contributed by atoms with Crippen LogP contribution in [-0.4, -0.2) is 66.0 Å². The number of hydrogen-bond acceptors (Lipinski definition) is 5. The molecular weight excluding hydrogens is 362 g/mol. The van der Waals surface area contributed by atoms with Crippen molar-refractivity contribution in [2.75, 3.05) is 39.6 Å². The molecule has 4 bridgehead atoms. The first-order valence-electron chi connectivity index (χ1n) is 10.2. The van der Waals surface area contributed by atoms with E-state index in [0.29, 0.717) is 6.42 Å². The quantitative estimate of drug-likeness (QED) is 0.627. The third-order valence-electron chi connectivity index (χ3n) is 6.11. The first kappa shape index (κ1) is 18.5. The molecule has 0 aromatic heterocycles. The van der Waals surface area contributed by atoms with E-state index in [9.17, 15) is 4.79 Å². The molecule has 6 heteroatoms. The van der Waals surface area contributed by atoms with Crippen molar-refractivity contribution in [2.24, 2.45) is 10.5 Å². The second-order valence-corrected chi connectivity index (χ2v) is 8.72. The third kappa shape index (κ3) is 3.71. The highest BCUT2D eigenvalue weighted by molar-refractivity contribution is 6.06. The summed E-state index contributed by atoms with van der Waals surface area (Å²) in [6.45, 7) is 8.14. The van der Waals surface area contributed by atoms with Crippen molar-refractivity contribution >= 4 is 11.6 Å². The molecule has 6 rings (SSSR count). The Balaban J connectivity index is 1.44. The number of aryl methyl sites for hydroxylation is 1. The van der Waals surface area contributed by atoms with Crippen molar-refractivity contribution in [2.45, 2.75) is 13.3 Å². The van der Waals surface area contributed by atoms with Gasteiger partial charge < -0.3 is 0 Å². The van der Waals surface area contributed by atoms with E-state index in [1.54, 1.807) is 0 Å². The lowest BCUT2D eigenvalue weighted by Gasteiger charge is -2.60. The fourth-order valence-electron chi connectivity index (χ4n) is 5.08. The van der Waals surface area contributed by atoms with E-state index in [2.05, 4.69) is 51.3 Å². The van der Waals surface area contributed by atoms with Gasteiger partial charge in [-0.25, -0.2) is 5.43 Å². The second-order valence-electron chi connectivity index (χ2n) is 8.72. The van der Waals surface area contributed by atoms with E-state index < -0.39 is 0 Å². The highest BCUT2D eigenvalue weighted by atomic mass is 16.2. The number of rotatable bonds is 5. The number of nitrogens with one attached hydrogen (secondary N) is 1. The molecule has 4 aliphatic heterocycles. The molecule has 0 saturated carbocycles. The molecule has 2 aromatic rings. The van der Waals surface area contributed by atoms with Gasteiger partial charge in [-0.15, -0.1) is 0 Å². The van der Waals surface area contributed by atoms with Gasteiger partial charge in [-0.3, -0.25) is 19.5 Å². The van der Waals surface area contributed by atoms with Crippen LogP contribution in [0.25, 0.3) is 0 Å². The molecule has 150 valence electrons. The number of carbonyl (C=O) groups is 1. The van der Waals surface area contributed by atoms with Crippen molar-refractivity contribution in [1.29, 1.82) is 0 Å². The molecule has 4 heterocycles. The lowest BCUT2D eigenvalue weighted by Crippen LogP contribution is -2.74. The Morgan fingerprint density at radius 3 is 2.10 bits per heavy atom. The van der Waals surface area contributed by atoms with Gasteiger partial charge in [0.25, 0.3) is 0 Å². The zero-order valence-electron chi connectivity index (χ0n) is 16.8. The monoisotopic (exact) mass is 389 g/mol. The van der Waals surface area contributed by atoms with Crippen LogP contribution in [0.4, 0.5) is 0 Å². The highest BCUT2D eigenvalue weighted by Crippen LogP contribution is 2.38. The van der Waals surface area contributed by atoms with Gasteiger partial charge in [-0.05, 0) is 18.1 Å². The van der Waals surface area contributed by atoms with Crippen LogP contribution in [0.2, 0.25) is 0 Å². The van der Waals surface area contributed by atoms with Gasteiger partial charge in [0.15, 0.2) is 0 Å². The molecule has 4 saturated heterocycles. The van der Waals surface area contributed by atoms with Gasteiger partial charge in [-0.2, -0.15) is 5.10 Å². The predicted octanol–water partition coefficient (Wildman–Crippen LogP) is 1.86. The maximum atomic E-state index is 12.6. The van der Waals surface area contributed by atoms with Crippen LogP contribution < -0.4 is 5.43 Å². The minimum atomic E-state index is -0.0793. The van der Waals surface area contributed by atoms with E-state index in [4.69, 9.17) is 5.10 Å². The van der Waals surface area contributed by atoms with Crippen molar-refractivity contribution < 1.29 is 4.79 Å². The van der Waals surface area contributed by atoms with Crippen molar-refractivity contribution in [3.63, 3.8) is 0 Å². The fraction of sp³-hybridized carbons (Fsp3) is 0.391. The summed E-state index contributed by atoms with van der Waals surface area (Å²) in [5.74, 6) is -0.0774. The van der Waals surface area contributed by atoms with Crippen LogP contribution >= 0.6 is 0 Å². The molecule has 1 amide bonds. The topological polar surface area (TPSA) is 51.2 Å². The molecule has 0 unspecified atom stereocenters. The average molecular weight is 390 g/mol. The van der Waals surface area contributed by atoms with E-state index in [0.717, 1.165) is 56.5 Å². The first-order valence-corrected chi connectivity index (χ1v) is 10.2. The number of amides is 1. The number of benzene rings is 2. The molecule has 0 spiro atoms. The fourth-order valence-corrected chi connectivity index (χ4v) is 5.08. The molecule has 2 aromatic carbocycles. The summed E-state index contributed by atoms with van der Waals surface area (Å²) in [5, 5.41) is 4.75. The number of hydrazone groups is 1. The zero-order valence-corrected chi connectivity index (χ0v) is 16.8. The van der Waals surface area contributed by atoms with Crippen LogP contribution in [0.15, 0.2) is 59.7 Å². The Morgan fingerprint density at radius 2 is 1.52 bits per heavy atom. The summed E-state index contributed by atoms with van der Waals surface area (Å²) < 4.78 is 0. The summed E-state index contributed by atoms with van der Waals surface area (Å²) in [7, 11) is 0. The summed E-state index contributed by atoms with van der Waals surface area (Å²) in [5.41, 5.74) is 7.10. The Hall–Kier alpha value is -2.54. The van der Waals surface area contributed by atoms with Crippen molar-refractivity contribution in [3.8, 4) is 0 Å². The largest absolute Gasteiger partial charge is 0.276 e. The summed E-state index contributed by atoms with van der Waals surface area (Å²) in [6.07, 6.45) is 0.336. The highest BCUT2D eigenvalue weighted by Gasteiger charge is 2.51. The Bertz CT molecular complexity index is 887. The van der Waals surface area contributed by atoms with Gasteiger partial charge in [0.2, 0.25) is 5.91 Å². The van der Waals surface area contributed by atoms with Crippen molar-refractivity contribution in [1.82, 2.24) is 20.1 Å². The molecule has 1 N–H and O–H groups in total. The molecule has 0 radical (unpaired) electrons. The number of hydrogen-bond donors (Lipinski definition) is 1. The molecule has 4 fully saturated rings. The molecule has 29 heavy (non-hydrogen) atoms. The lowest BCUT2D eigenvalue weighted by atomic mass is 9.74. The maximum absolute atomic E-state index is 12.6. The van der Waals surface area contributed by atoms with Crippen LogP contribution in [-0.2, 0) is 11.2 Å². The molecule has 4 aliphatic rings. The molecule has 0 atom stereocenters. The van der Waals surface area contributed by atoms with E-state index >= 15 is 0 Å². The minimum Gasteiger partial charge on any atom is -0.276 e. The van der Waals surface area contributed by atoms with E-state index in [1.165, 1.54) is 5.56 Å². The summed E-state index contributed by atoms with van der Waals surface area (Å²) in [4.78, 5) is 20.0. The average Bonchev–Trinajstić information content (AvgIpc) is 2.69. The Kier molecular flexibility index (Phi) is 4.70. The summed E-state index contributed by atoms with van der Waals surface area (Å²) in [6, 6.07) is 18.3. The molecular formula is C23H27N5O. The third-order valence-corrected chi connectivity index (χ3v) is 6.11. The second kappa shape index (κ2) is 7.37. The Labute approximate surface area is 171 Å². The van der Waals surface area contributed by atoms with Gasteiger partial charge in [0.05, 0.1) is 37.6 Å². The SMILES string of the molecule is Cc1ccc(C(=NNC(=O)Cc2ccccc2)C23CN4CN(CN(C4)C2)C3)cc1. The molecule has 6 nitrogen and oxygen atoms in total. The Morgan fingerprint density at radius 1 is 0.931 bits per heavy atom. The molecule has 0 aliphatic carbocycles. The van der Waals surface area contributed by atoms with Crippen LogP contribution in [0.5, 0.6) is 0 Å². The first-order chi connectivity index (χ1) is 14.1. The zero-order chi connectivity index (χ0) is 19.8. The minimum absolute atomic E-state index is 0.0774. The normalized spacial score (nSPS) is 30.4. The van der Waals surface area contributed by atoms with Gasteiger partial charge in [0.1, 0.15) is 0 Å². The lowest BCUT2D eigenvalue weighted by molar-refractivity contribution is -0.149. The van der Waals surface area contributed by atoms with Crippen LogP contribution in [0.1, 0.15) is 16.7 Å². The van der Waals surface area contributed by atoms with Crippen LogP contribution in [0, 0.1) is 12.3 Å². The maximum Gasteiger partial charge on any atom is 0.244 e. The van der Waals surface area contributed by atoms with E-state index in [-0.39, 0.29) is 11.3 Å². The van der Waals surface area contributed by atoms with Gasteiger partial charge >= 0.3 is 0 Å². The number of nitrogens with zero attached hydrogens (tertiary/aromatic N) is 4. The predicted molar refractivity (Wildman–Crippen MR) is 113 cm³/mol. The standard InChI is InChI=1S/C23H27N5O/c1-18-7-9-20(10-8-18)22(25-24-21(29)11-19-5-3-2-4-6-19)23-12-26-15-27(13-23)17-28(14-23)16-26/h2-10H,11-17H2,1H3,(H,24,29). The summed E-state index contributed by atoms with van der Waals surface area (Å²) >= 11 is 0. The van der Waals surface area contributed by atoms with E-state index in [1.807, 2.05) is 30.3 Å². The van der Waals surface area contributed by atoms with Gasteiger partial charge in [0, 0.05) is 19.6 Å². The van der Waals surface area contributed by atoms with Crippen LogP contribution in [0.3, 0.4) is 0 Å².